The number of nitrogens with zero attached hydrogens (tertiary/aromatic N) is 1. The van der Waals surface area contributed by atoms with Gasteiger partial charge in [0.2, 0.25) is 0 Å². The third-order valence-corrected chi connectivity index (χ3v) is 4.81. The van der Waals surface area contributed by atoms with E-state index in [-0.39, 0.29) is 5.91 Å². The fourth-order valence-corrected chi connectivity index (χ4v) is 3.44. The van der Waals surface area contributed by atoms with Gasteiger partial charge in [0, 0.05) is 25.2 Å². The van der Waals surface area contributed by atoms with Crippen LogP contribution >= 0.6 is 0 Å². The Morgan fingerprint density at radius 2 is 1.80 bits per heavy atom. The Labute approximate surface area is 149 Å². The van der Waals surface area contributed by atoms with E-state index in [0.717, 1.165) is 31.5 Å². The van der Waals surface area contributed by atoms with Crippen LogP contribution in [0.2, 0.25) is 0 Å². The molecule has 2 aromatic rings. The molecule has 2 N–H and O–H groups in total. The number of β-amino-alcohol motifs (C(OH)–C–C–N with tert-alkyl or cyclic N) is 1. The summed E-state index contributed by atoms with van der Waals surface area (Å²) in [5, 5.41) is 13.5. The Kier molecular flexibility index (Phi) is 6.20. The number of carbonyl (C=O) groups is 1. The van der Waals surface area contributed by atoms with Crippen molar-refractivity contribution >= 4 is 5.91 Å². The zero-order chi connectivity index (χ0) is 17.5. The lowest BCUT2D eigenvalue weighted by molar-refractivity contribution is 0.0802. The maximum Gasteiger partial charge on any atom is 0.251 e. The molecule has 1 fully saturated rings. The molecule has 0 spiro atoms. The largest absolute Gasteiger partial charge is 0.387 e. The predicted octanol–water partition coefficient (Wildman–Crippen LogP) is 2.86. The molecule has 4 nitrogen and oxygen atoms in total. The number of carbonyl (C=O) groups excluding carboxylic acids is 1. The fraction of sp³-hybridized carbons (Fsp3) is 0.381. The zero-order valence-electron chi connectivity index (χ0n) is 14.5. The van der Waals surface area contributed by atoms with Gasteiger partial charge in [0.25, 0.3) is 5.91 Å². The standard InChI is InChI=1S/C21H26N2O2/c24-20(18-9-3-1-4-10-18)16-23-13-7-8-17(15-23)14-22-21(25)19-11-5-2-6-12-19/h1-6,9-12,17,20,24H,7-8,13-16H2,(H,22,25). The van der Waals surface area contributed by atoms with Gasteiger partial charge in [0.1, 0.15) is 0 Å². The van der Waals surface area contributed by atoms with E-state index in [1.807, 2.05) is 60.7 Å². The number of aliphatic hydroxyl groups excluding tert-OH is 1. The van der Waals surface area contributed by atoms with E-state index >= 15 is 0 Å². The Morgan fingerprint density at radius 3 is 2.52 bits per heavy atom. The first-order valence-corrected chi connectivity index (χ1v) is 9.01. The molecular formula is C21H26N2O2. The SMILES string of the molecule is O=C(NCC1CCCN(CC(O)c2ccccc2)C1)c1ccccc1. The number of piperidine rings is 1. The number of hydrogen-bond acceptors (Lipinski definition) is 3. The lowest BCUT2D eigenvalue weighted by Crippen LogP contribution is -2.42. The Hall–Kier alpha value is -2.17. The van der Waals surface area contributed by atoms with E-state index in [1.165, 1.54) is 0 Å². The molecule has 2 aromatic carbocycles. The van der Waals surface area contributed by atoms with Gasteiger partial charge >= 0.3 is 0 Å². The van der Waals surface area contributed by atoms with Crippen molar-refractivity contribution in [1.29, 1.82) is 0 Å². The molecule has 2 atom stereocenters. The maximum atomic E-state index is 12.2. The highest BCUT2D eigenvalue weighted by atomic mass is 16.3. The molecule has 0 radical (unpaired) electrons. The molecule has 1 aliphatic heterocycles. The minimum absolute atomic E-state index is 0.0120. The molecule has 0 aromatic heterocycles. The molecular weight excluding hydrogens is 312 g/mol. The van der Waals surface area contributed by atoms with Gasteiger partial charge in [-0.05, 0) is 43.0 Å². The van der Waals surface area contributed by atoms with E-state index in [0.29, 0.717) is 24.6 Å². The molecule has 0 aliphatic carbocycles. The van der Waals surface area contributed by atoms with Crippen LogP contribution in [-0.2, 0) is 0 Å². The molecule has 0 bridgehead atoms. The van der Waals surface area contributed by atoms with Crippen molar-refractivity contribution in [2.75, 3.05) is 26.2 Å². The molecule has 132 valence electrons. The van der Waals surface area contributed by atoms with Crippen molar-refractivity contribution in [3.8, 4) is 0 Å². The average Bonchev–Trinajstić information content (AvgIpc) is 2.68. The minimum Gasteiger partial charge on any atom is -0.387 e. The van der Waals surface area contributed by atoms with Crippen molar-refractivity contribution < 1.29 is 9.90 Å². The minimum atomic E-state index is -0.459. The molecule has 3 rings (SSSR count). The van der Waals surface area contributed by atoms with Crippen molar-refractivity contribution in [1.82, 2.24) is 10.2 Å². The van der Waals surface area contributed by atoms with E-state index in [2.05, 4.69) is 10.2 Å². The number of rotatable bonds is 6. The van der Waals surface area contributed by atoms with Crippen LogP contribution in [0.4, 0.5) is 0 Å². The molecule has 0 saturated carbocycles. The van der Waals surface area contributed by atoms with E-state index in [1.54, 1.807) is 0 Å². The number of amides is 1. The van der Waals surface area contributed by atoms with Crippen LogP contribution in [0.5, 0.6) is 0 Å². The van der Waals surface area contributed by atoms with Gasteiger partial charge in [0.15, 0.2) is 0 Å². The van der Waals surface area contributed by atoms with Crippen LogP contribution in [0.25, 0.3) is 0 Å². The lowest BCUT2D eigenvalue weighted by atomic mass is 9.97. The molecule has 25 heavy (non-hydrogen) atoms. The summed E-state index contributed by atoms with van der Waals surface area (Å²) in [5.74, 6) is 0.423. The molecule has 1 aliphatic rings. The van der Waals surface area contributed by atoms with Crippen LogP contribution in [0.1, 0.15) is 34.9 Å². The number of nitrogens with one attached hydrogen (secondary N) is 1. The first kappa shape index (κ1) is 17.6. The fourth-order valence-electron chi connectivity index (χ4n) is 3.44. The first-order valence-electron chi connectivity index (χ1n) is 9.01. The summed E-state index contributed by atoms with van der Waals surface area (Å²) >= 11 is 0. The smallest absolute Gasteiger partial charge is 0.251 e. The third kappa shape index (κ3) is 5.15. The highest BCUT2D eigenvalue weighted by Crippen LogP contribution is 2.20. The molecule has 1 saturated heterocycles. The Morgan fingerprint density at radius 1 is 1.12 bits per heavy atom. The number of likely N-dealkylation sites (tertiary alicyclic amines) is 1. The quantitative estimate of drug-likeness (QED) is 0.851. The maximum absolute atomic E-state index is 12.2. The van der Waals surface area contributed by atoms with Gasteiger partial charge in [-0.3, -0.25) is 4.79 Å². The van der Waals surface area contributed by atoms with Crippen molar-refractivity contribution in [3.05, 3.63) is 71.8 Å². The van der Waals surface area contributed by atoms with E-state index in [9.17, 15) is 9.90 Å². The topological polar surface area (TPSA) is 52.6 Å². The summed E-state index contributed by atoms with van der Waals surface area (Å²) in [7, 11) is 0. The van der Waals surface area contributed by atoms with Gasteiger partial charge in [-0.15, -0.1) is 0 Å². The van der Waals surface area contributed by atoms with Crippen LogP contribution in [0.15, 0.2) is 60.7 Å². The third-order valence-electron chi connectivity index (χ3n) is 4.81. The Bertz CT molecular complexity index is 660. The summed E-state index contributed by atoms with van der Waals surface area (Å²) in [5.41, 5.74) is 1.66. The second-order valence-corrected chi connectivity index (χ2v) is 6.77. The van der Waals surface area contributed by atoms with Crippen molar-refractivity contribution in [3.63, 3.8) is 0 Å². The molecule has 4 heteroatoms. The monoisotopic (exact) mass is 338 g/mol. The predicted molar refractivity (Wildman–Crippen MR) is 99.3 cm³/mol. The summed E-state index contributed by atoms with van der Waals surface area (Å²) in [6, 6.07) is 19.1. The van der Waals surface area contributed by atoms with Gasteiger partial charge in [-0.25, -0.2) is 0 Å². The van der Waals surface area contributed by atoms with Crippen LogP contribution < -0.4 is 5.32 Å². The van der Waals surface area contributed by atoms with Gasteiger partial charge in [-0.2, -0.15) is 0 Å². The number of hydrogen-bond donors (Lipinski definition) is 2. The van der Waals surface area contributed by atoms with Gasteiger partial charge in [0.05, 0.1) is 6.10 Å². The van der Waals surface area contributed by atoms with E-state index in [4.69, 9.17) is 0 Å². The normalized spacial score (nSPS) is 19.3. The summed E-state index contributed by atoms with van der Waals surface area (Å²) in [6.45, 7) is 3.25. The van der Waals surface area contributed by atoms with Gasteiger partial charge in [-0.1, -0.05) is 48.5 Å². The average molecular weight is 338 g/mol. The van der Waals surface area contributed by atoms with E-state index < -0.39 is 6.10 Å². The summed E-state index contributed by atoms with van der Waals surface area (Å²) in [6.07, 6.45) is 1.76. The molecule has 1 amide bonds. The zero-order valence-corrected chi connectivity index (χ0v) is 14.5. The molecule has 2 unspecified atom stereocenters. The van der Waals surface area contributed by atoms with Crippen LogP contribution in [-0.4, -0.2) is 42.1 Å². The summed E-state index contributed by atoms with van der Waals surface area (Å²) in [4.78, 5) is 14.5. The van der Waals surface area contributed by atoms with Crippen LogP contribution in [0.3, 0.4) is 0 Å². The van der Waals surface area contributed by atoms with Crippen molar-refractivity contribution in [2.24, 2.45) is 5.92 Å². The number of benzene rings is 2. The highest BCUT2D eigenvalue weighted by molar-refractivity contribution is 5.94. The highest BCUT2D eigenvalue weighted by Gasteiger charge is 2.22. The van der Waals surface area contributed by atoms with Crippen LogP contribution in [0, 0.1) is 5.92 Å². The first-order chi connectivity index (χ1) is 12.2. The lowest BCUT2D eigenvalue weighted by Gasteiger charge is -2.34. The Balaban J connectivity index is 1.47. The van der Waals surface area contributed by atoms with Gasteiger partial charge < -0.3 is 15.3 Å². The van der Waals surface area contributed by atoms with Crippen molar-refractivity contribution in [2.45, 2.75) is 18.9 Å². The second kappa shape index (κ2) is 8.79. The number of aliphatic hydroxyl groups is 1. The summed E-state index contributed by atoms with van der Waals surface area (Å²) < 4.78 is 0. The molecule has 1 heterocycles. The second-order valence-electron chi connectivity index (χ2n) is 6.77.